The van der Waals surface area contributed by atoms with Crippen LogP contribution >= 0.6 is 0 Å². The van der Waals surface area contributed by atoms with E-state index in [2.05, 4.69) is 12.5 Å². The van der Waals surface area contributed by atoms with E-state index < -0.39 is 287 Å². The summed E-state index contributed by atoms with van der Waals surface area (Å²) in [5, 5.41) is 109. The van der Waals surface area contributed by atoms with Crippen LogP contribution in [0.3, 0.4) is 0 Å². The molecule has 42 nitrogen and oxygen atoms in total. The van der Waals surface area contributed by atoms with Gasteiger partial charge in [-0.1, -0.05) is 0 Å². The van der Waals surface area contributed by atoms with Crippen LogP contribution in [0.4, 0.5) is 0 Å². The summed E-state index contributed by atoms with van der Waals surface area (Å²) in [6, 6.07) is -5.74. The van der Waals surface area contributed by atoms with Gasteiger partial charge in [-0.05, 0) is 0 Å². The van der Waals surface area contributed by atoms with E-state index in [1.165, 1.54) is 7.11 Å². The Labute approximate surface area is 513 Å². The maximum atomic E-state index is 11.7. The molecule has 0 aromatic carbocycles. The van der Waals surface area contributed by atoms with Crippen molar-refractivity contribution in [3.05, 3.63) is 0 Å². The van der Waals surface area contributed by atoms with E-state index in [0.717, 1.165) is 0 Å². The summed E-state index contributed by atoms with van der Waals surface area (Å²) in [6.45, 7) is -5.50. The second kappa shape index (κ2) is 31.7. The van der Waals surface area contributed by atoms with Gasteiger partial charge in [0.15, 0.2) is 50.3 Å². The van der Waals surface area contributed by atoms with Crippen molar-refractivity contribution in [3.8, 4) is 0 Å². The second-order valence-electron chi connectivity index (χ2n) is 22.3. The third kappa shape index (κ3) is 19.4. The molecular weight excluding hydrogens is 1300 g/mol. The van der Waals surface area contributed by atoms with Crippen LogP contribution in [0.15, 0.2) is 0 Å². The molecule has 0 spiro atoms. The van der Waals surface area contributed by atoms with Crippen molar-refractivity contribution < 1.29 is 178 Å². The van der Waals surface area contributed by atoms with E-state index >= 15 is 0 Å². The van der Waals surface area contributed by atoms with Gasteiger partial charge >= 0.3 is 31.2 Å². The average molecular weight is 1380 g/mol. The molecule has 90 heavy (non-hydrogen) atoms. The first-order chi connectivity index (χ1) is 42.2. The molecule has 0 amide bonds. The number of methoxy groups -OCH3 is 1. The Balaban J connectivity index is 0.808. The highest BCUT2D eigenvalue weighted by Crippen LogP contribution is 2.36. The SMILES string of the molecule is CO[C@H]1OC(COS(=O)(=O)O)[C@@H](O[C@H]2C[C@H](O)[C@H](O[C@H]3OC(COS(=O)(=O)O)[C@H](O[C@H]4C[C@H](O)[C@H](O[C@H]5OC(CO)[C@@H](O[C@H]6C[C@H](O)[C@H](O[C@@H]7OC(COS(=O)(=O)O)[C@H](O[C@H]8C[C@H](O)[C@H](O)CO8)[C@H](O)C7N)CO6)[C@H](O)C5N)CO4)[C@H](O)C3N)CO2)[C@H](O)C1N. The van der Waals surface area contributed by atoms with Crippen LogP contribution in [-0.4, -0.2) is 347 Å². The fourth-order valence-electron chi connectivity index (χ4n) is 10.9. The first-order valence-electron chi connectivity index (χ1n) is 28.0. The minimum atomic E-state index is -5.17. The molecule has 0 aliphatic carbocycles. The van der Waals surface area contributed by atoms with Crippen LogP contribution in [-0.2, 0) is 120 Å². The zero-order valence-electron chi connectivity index (χ0n) is 47.5. The average Bonchev–Trinajstić information content (AvgIpc) is 0.835. The summed E-state index contributed by atoms with van der Waals surface area (Å²) in [4.78, 5) is 0. The van der Waals surface area contributed by atoms with Crippen molar-refractivity contribution in [2.75, 3.05) is 60.0 Å². The Morgan fingerprint density at radius 1 is 0.378 bits per heavy atom. The Hall–Kier alpha value is -1.59. The molecule has 8 rings (SSSR count). The summed E-state index contributed by atoms with van der Waals surface area (Å²) >= 11 is 0. The molecule has 8 unspecified atom stereocenters. The lowest BCUT2D eigenvalue weighted by molar-refractivity contribution is -0.350. The molecule has 0 bridgehead atoms. The third-order valence-corrected chi connectivity index (χ3v) is 17.2. The Bertz CT molecular complexity index is 2600. The van der Waals surface area contributed by atoms with Crippen LogP contribution < -0.4 is 22.9 Å². The number of aliphatic hydroxyl groups excluding tert-OH is 10. The standard InChI is InChI=1S/C45H80N4O38S3/c1-69-42-30(46)34(56)39(23(81-42)11-74-88(60,61)62)86-28-5-17(54)22(10-73-28)80-45-33(49)37(59)41(25(83-45)13-76-90(66,67)68)87-29-4-16(53)20(8-72-29)78-43-31(47)35(57)38(19(6-50)77-43)84-27-3-15(52)21(9-71-27)79-44-32(48)36(58)40(24(82-44)12-75-89(63,64)65)85-26-2-14(51)18(55)7-70-26/h14-45,50-59H,2-13,46-49H2,1H3,(H,60,61,62)(H,63,64,65)(H,66,67,68)/t14-,15-,16-,17-,18+,19?,20+,21+,22+,23?,24?,25?,26-,27-,28-,29-,30?,31?,32?,33?,34+,35+,36+,37+,38+,39+,40-,41-,42-,43+,44+,45-/m0/s1. The monoisotopic (exact) mass is 1380 g/mol. The van der Waals surface area contributed by atoms with Gasteiger partial charge in [0.05, 0.1) is 101 Å². The van der Waals surface area contributed by atoms with Crippen molar-refractivity contribution >= 4 is 31.2 Å². The summed E-state index contributed by atoms with van der Waals surface area (Å²) in [5.41, 5.74) is 24.9. The van der Waals surface area contributed by atoms with Gasteiger partial charge in [0.1, 0.15) is 97.7 Å². The molecule has 0 radical (unpaired) electrons. The number of rotatable bonds is 25. The lowest BCUT2D eigenvalue weighted by Crippen LogP contribution is -2.66. The highest BCUT2D eigenvalue weighted by molar-refractivity contribution is 7.81. The van der Waals surface area contributed by atoms with Crippen LogP contribution in [0.5, 0.6) is 0 Å². The first kappa shape index (κ1) is 74.2. The second-order valence-corrected chi connectivity index (χ2v) is 25.5. The highest BCUT2D eigenvalue weighted by Gasteiger charge is 2.54. The molecule has 526 valence electrons. The maximum absolute atomic E-state index is 11.7. The topological polar surface area (TPSA) is 645 Å². The summed E-state index contributed by atoms with van der Waals surface area (Å²) < 4.78 is 202. The van der Waals surface area contributed by atoms with E-state index in [9.17, 15) is 85.4 Å². The molecule has 8 aliphatic heterocycles. The lowest BCUT2D eigenvalue weighted by atomic mass is 9.96. The van der Waals surface area contributed by atoms with E-state index in [-0.39, 0.29) is 19.4 Å². The summed E-state index contributed by atoms with van der Waals surface area (Å²) in [6.07, 6.45) is -42.8. The lowest BCUT2D eigenvalue weighted by Gasteiger charge is -2.47. The number of hydrogen-bond acceptors (Lipinski definition) is 39. The van der Waals surface area contributed by atoms with Crippen LogP contribution in [0.2, 0.25) is 0 Å². The molecule has 0 aromatic heterocycles. The zero-order chi connectivity index (χ0) is 65.9. The number of hydrogen-bond donors (Lipinski definition) is 17. The smallest absolute Gasteiger partial charge is 0.394 e. The van der Waals surface area contributed by atoms with E-state index in [1.54, 1.807) is 0 Å². The molecule has 8 aliphatic rings. The molecule has 21 N–H and O–H groups in total. The van der Waals surface area contributed by atoms with Gasteiger partial charge in [0.25, 0.3) is 0 Å². The Kier molecular flexibility index (Phi) is 26.2. The van der Waals surface area contributed by atoms with E-state index in [1.807, 2.05) is 0 Å². The van der Waals surface area contributed by atoms with Crippen molar-refractivity contribution in [1.29, 1.82) is 0 Å². The highest BCUT2D eigenvalue weighted by atomic mass is 32.3. The fraction of sp³-hybridized carbons (Fsp3) is 1.00. The van der Waals surface area contributed by atoms with Gasteiger partial charge in [-0.3, -0.25) is 13.7 Å². The minimum Gasteiger partial charge on any atom is -0.394 e. The molecule has 8 heterocycles. The molecular formula is C45H80N4O38S3. The van der Waals surface area contributed by atoms with Crippen molar-refractivity contribution in [2.24, 2.45) is 22.9 Å². The quantitative estimate of drug-likeness (QED) is 0.0377. The van der Waals surface area contributed by atoms with Crippen molar-refractivity contribution in [2.45, 2.75) is 222 Å². The minimum absolute atomic E-state index is 0.270. The molecule has 8 saturated heterocycles. The molecule has 0 saturated carbocycles. The van der Waals surface area contributed by atoms with Gasteiger partial charge < -0.3 is 150 Å². The first-order valence-corrected chi connectivity index (χ1v) is 32.1. The van der Waals surface area contributed by atoms with Crippen LogP contribution in [0, 0.1) is 0 Å². The number of nitrogens with two attached hydrogens (primary N) is 4. The predicted molar refractivity (Wildman–Crippen MR) is 279 cm³/mol. The van der Waals surface area contributed by atoms with Crippen molar-refractivity contribution in [1.82, 2.24) is 0 Å². The fourth-order valence-corrected chi connectivity index (χ4v) is 11.9. The maximum Gasteiger partial charge on any atom is 0.397 e. The van der Waals surface area contributed by atoms with Gasteiger partial charge in [-0.2, -0.15) is 25.3 Å². The van der Waals surface area contributed by atoms with Crippen LogP contribution in [0.1, 0.15) is 25.7 Å². The zero-order valence-corrected chi connectivity index (χ0v) is 50.0. The van der Waals surface area contributed by atoms with Gasteiger partial charge in [-0.25, -0.2) is 12.5 Å². The normalized spacial score (nSPS) is 47.0. The third-order valence-electron chi connectivity index (χ3n) is 15.9. The molecule has 8 fully saturated rings. The van der Waals surface area contributed by atoms with Gasteiger partial charge in [0, 0.05) is 32.8 Å². The van der Waals surface area contributed by atoms with Crippen molar-refractivity contribution in [3.63, 3.8) is 0 Å². The number of ether oxygens (including phenoxy) is 16. The van der Waals surface area contributed by atoms with Gasteiger partial charge in [0.2, 0.25) is 0 Å². The summed E-state index contributed by atoms with van der Waals surface area (Å²) in [7, 11) is -14.0. The van der Waals surface area contributed by atoms with E-state index in [4.69, 9.17) is 103 Å². The molecule has 32 atom stereocenters. The largest absolute Gasteiger partial charge is 0.397 e. The van der Waals surface area contributed by atoms with E-state index in [0.29, 0.717) is 0 Å². The Morgan fingerprint density at radius 2 is 0.644 bits per heavy atom. The summed E-state index contributed by atoms with van der Waals surface area (Å²) in [5.74, 6) is 0. The van der Waals surface area contributed by atoms with Gasteiger partial charge in [-0.15, -0.1) is 0 Å². The predicted octanol–water partition coefficient (Wildman–Crippen LogP) is -11.8. The molecule has 45 heteroatoms. The number of aliphatic hydroxyl groups is 10. The van der Waals surface area contributed by atoms with Crippen LogP contribution in [0.25, 0.3) is 0 Å². The molecule has 0 aromatic rings. The Morgan fingerprint density at radius 3 is 0.922 bits per heavy atom.